The average molecular weight is 434 g/mol. The fourth-order valence-corrected chi connectivity index (χ4v) is 4.64. The lowest BCUT2D eigenvalue weighted by Gasteiger charge is -2.02. The average Bonchev–Trinajstić information content (AvgIpc) is 3.23. The molecule has 0 atom stereocenters. The number of aromatic nitrogens is 2. The number of hydrogen-bond donors (Lipinski definition) is 1. The van der Waals surface area contributed by atoms with E-state index in [0.717, 1.165) is 16.3 Å². The molecule has 1 amide bonds. The first-order chi connectivity index (χ1) is 14.7. The highest BCUT2D eigenvalue weighted by Gasteiger charge is 2.12. The summed E-state index contributed by atoms with van der Waals surface area (Å²) in [5.74, 6) is 0.211. The second kappa shape index (κ2) is 9.65. The highest BCUT2D eigenvalue weighted by atomic mass is 32.2. The lowest BCUT2D eigenvalue weighted by atomic mass is 10.1. The summed E-state index contributed by atoms with van der Waals surface area (Å²) >= 11 is 2.61. The van der Waals surface area contributed by atoms with Gasteiger partial charge in [-0.2, -0.15) is 0 Å². The Morgan fingerprint density at radius 1 is 0.900 bits per heavy atom. The maximum absolute atomic E-state index is 12.5. The molecule has 1 N–H and O–H groups in total. The highest BCUT2D eigenvalue weighted by Crippen LogP contribution is 2.27. The number of fused-ring (bicyclic) bond motifs is 1. The molecular weight excluding hydrogens is 414 g/mol. The van der Waals surface area contributed by atoms with Gasteiger partial charge in [0.05, 0.1) is 5.75 Å². The smallest absolute Gasteiger partial charge is 0.226 e. The first kappa shape index (κ1) is 20.3. The van der Waals surface area contributed by atoms with Crippen LogP contribution in [0.3, 0.4) is 0 Å². The molecule has 150 valence electrons. The van der Waals surface area contributed by atoms with Crippen LogP contribution in [0.5, 0.6) is 0 Å². The van der Waals surface area contributed by atoms with Crippen LogP contribution in [0.4, 0.5) is 5.13 Å². The van der Waals surface area contributed by atoms with Crippen LogP contribution in [0, 0.1) is 0 Å². The third kappa shape index (κ3) is 5.31. The predicted octanol–water partition coefficient (Wildman–Crippen LogP) is 5.24. The van der Waals surface area contributed by atoms with Crippen molar-refractivity contribution in [1.29, 1.82) is 0 Å². The molecule has 0 aliphatic heterocycles. The molecule has 0 aliphatic rings. The zero-order chi connectivity index (χ0) is 20.8. The highest BCUT2D eigenvalue weighted by molar-refractivity contribution is 8.01. The van der Waals surface area contributed by atoms with Gasteiger partial charge in [0.2, 0.25) is 11.0 Å². The molecule has 0 fully saturated rings. The molecule has 0 spiro atoms. The van der Waals surface area contributed by atoms with Crippen molar-refractivity contribution < 1.29 is 9.59 Å². The van der Waals surface area contributed by atoms with E-state index in [0.29, 0.717) is 27.9 Å². The van der Waals surface area contributed by atoms with Crippen molar-refractivity contribution in [3.05, 3.63) is 83.9 Å². The number of rotatable bonds is 8. The zero-order valence-electron chi connectivity index (χ0n) is 16.1. The van der Waals surface area contributed by atoms with Gasteiger partial charge in [-0.3, -0.25) is 9.59 Å². The van der Waals surface area contributed by atoms with Crippen LogP contribution in [0.2, 0.25) is 0 Å². The van der Waals surface area contributed by atoms with Crippen molar-refractivity contribution in [1.82, 2.24) is 10.2 Å². The SMILES string of the molecule is O=C(CCc1ccccc1)Nc1nnc(SCC(=O)c2ccc3ccccc3c2)s1. The number of carbonyl (C=O) groups excluding carboxylic acids is 2. The molecule has 3 aromatic carbocycles. The molecule has 0 radical (unpaired) electrons. The molecule has 5 nitrogen and oxygen atoms in total. The van der Waals surface area contributed by atoms with Crippen molar-refractivity contribution in [2.45, 2.75) is 17.2 Å². The van der Waals surface area contributed by atoms with Gasteiger partial charge in [-0.05, 0) is 28.8 Å². The number of amides is 1. The van der Waals surface area contributed by atoms with Gasteiger partial charge in [0.1, 0.15) is 0 Å². The van der Waals surface area contributed by atoms with E-state index in [1.165, 1.54) is 23.1 Å². The van der Waals surface area contributed by atoms with Gasteiger partial charge in [0.15, 0.2) is 10.1 Å². The fraction of sp³-hybridized carbons (Fsp3) is 0.130. The van der Waals surface area contributed by atoms with E-state index in [1.54, 1.807) is 0 Å². The topological polar surface area (TPSA) is 72.0 Å². The van der Waals surface area contributed by atoms with Gasteiger partial charge >= 0.3 is 0 Å². The minimum Gasteiger partial charge on any atom is -0.300 e. The number of carbonyl (C=O) groups is 2. The second-order valence-electron chi connectivity index (χ2n) is 6.68. The molecule has 0 aliphatic carbocycles. The van der Waals surface area contributed by atoms with E-state index in [9.17, 15) is 9.59 Å². The normalized spacial score (nSPS) is 10.8. The molecule has 1 aromatic heterocycles. The number of hydrogen-bond acceptors (Lipinski definition) is 6. The Bertz CT molecular complexity index is 1180. The van der Waals surface area contributed by atoms with Gasteiger partial charge in [0.25, 0.3) is 0 Å². The summed E-state index contributed by atoms with van der Waals surface area (Å²) in [4.78, 5) is 24.7. The Labute approximate surface area is 182 Å². The van der Waals surface area contributed by atoms with Crippen molar-refractivity contribution >= 4 is 50.7 Å². The van der Waals surface area contributed by atoms with Crippen molar-refractivity contribution in [2.75, 3.05) is 11.1 Å². The van der Waals surface area contributed by atoms with Crippen LogP contribution >= 0.6 is 23.1 Å². The summed E-state index contributed by atoms with van der Waals surface area (Å²) in [7, 11) is 0. The second-order valence-corrected chi connectivity index (χ2v) is 8.88. The number of nitrogens with zero attached hydrogens (tertiary/aromatic N) is 2. The van der Waals surface area contributed by atoms with E-state index in [1.807, 2.05) is 72.8 Å². The Morgan fingerprint density at radius 3 is 2.50 bits per heavy atom. The van der Waals surface area contributed by atoms with E-state index in [-0.39, 0.29) is 17.4 Å². The number of aryl methyl sites for hydroxylation is 1. The first-order valence-corrected chi connectivity index (χ1v) is 11.3. The predicted molar refractivity (Wildman–Crippen MR) is 122 cm³/mol. The van der Waals surface area contributed by atoms with Crippen LogP contribution in [-0.2, 0) is 11.2 Å². The van der Waals surface area contributed by atoms with Crippen LogP contribution in [0.25, 0.3) is 10.8 Å². The minimum absolute atomic E-state index is 0.0365. The number of Topliss-reactive ketones (excluding diaryl/α,β-unsaturated/α-hetero) is 1. The summed E-state index contributed by atoms with van der Waals surface area (Å²) in [6.07, 6.45) is 1.06. The van der Waals surface area contributed by atoms with Gasteiger partial charge in [-0.15, -0.1) is 10.2 Å². The van der Waals surface area contributed by atoms with Crippen molar-refractivity contribution in [3.8, 4) is 0 Å². The van der Waals surface area contributed by atoms with Crippen molar-refractivity contribution in [2.24, 2.45) is 0 Å². The monoisotopic (exact) mass is 433 g/mol. The molecule has 0 saturated heterocycles. The van der Waals surface area contributed by atoms with E-state index in [4.69, 9.17) is 0 Å². The lowest BCUT2D eigenvalue weighted by Crippen LogP contribution is -2.12. The number of anilines is 1. The minimum atomic E-state index is -0.0983. The van der Waals surface area contributed by atoms with E-state index < -0.39 is 0 Å². The van der Waals surface area contributed by atoms with E-state index in [2.05, 4.69) is 15.5 Å². The zero-order valence-corrected chi connectivity index (χ0v) is 17.7. The largest absolute Gasteiger partial charge is 0.300 e. The Hall–Kier alpha value is -3.03. The summed E-state index contributed by atoms with van der Waals surface area (Å²) in [5.41, 5.74) is 1.80. The number of benzene rings is 3. The van der Waals surface area contributed by atoms with Gasteiger partial charge in [-0.1, -0.05) is 89.8 Å². The van der Waals surface area contributed by atoms with Crippen LogP contribution in [0.15, 0.2) is 77.1 Å². The number of thioether (sulfide) groups is 1. The standard InChI is InChI=1S/C23H19N3O2S2/c27-20(19-12-11-17-8-4-5-9-18(17)14-19)15-29-23-26-25-22(30-23)24-21(28)13-10-16-6-2-1-3-7-16/h1-9,11-12,14H,10,13,15H2,(H,24,25,28). The van der Waals surface area contributed by atoms with Crippen LogP contribution in [0.1, 0.15) is 22.3 Å². The van der Waals surface area contributed by atoms with Crippen molar-refractivity contribution in [3.63, 3.8) is 0 Å². The van der Waals surface area contributed by atoms with E-state index >= 15 is 0 Å². The molecule has 4 aromatic rings. The Morgan fingerprint density at radius 2 is 1.67 bits per heavy atom. The molecule has 7 heteroatoms. The van der Waals surface area contributed by atoms with Gasteiger partial charge in [-0.25, -0.2) is 0 Å². The molecule has 0 saturated carbocycles. The van der Waals surface area contributed by atoms with Gasteiger partial charge in [0, 0.05) is 12.0 Å². The summed E-state index contributed by atoms with van der Waals surface area (Å²) in [5, 5.41) is 13.5. The lowest BCUT2D eigenvalue weighted by molar-refractivity contribution is -0.116. The molecule has 0 bridgehead atoms. The quantitative estimate of drug-likeness (QED) is 0.234. The molecule has 4 rings (SSSR count). The fourth-order valence-electron chi connectivity index (χ4n) is 2.98. The Balaban J connectivity index is 1.28. The maximum Gasteiger partial charge on any atom is 0.226 e. The maximum atomic E-state index is 12.5. The first-order valence-electron chi connectivity index (χ1n) is 9.49. The number of nitrogens with one attached hydrogen (secondary N) is 1. The van der Waals surface area contributed by atoms with Crippen LogP contribution in [-0.4, -0.2) is 27.6 Å². The van der Waals surface area contributed by atoms with Crippen LogP contribution < -0.4 is 5.32 Å². The molecular formula is C23H19N3O2S2. The summed E-state index contributed by atoms with van der Waals surface area (Å²) in [6, 6.07) is 23.6. The molecule has 0 unspecified atom stereocenters. The third-order valence-electron chi connectivity index (χ3n) is 4.53. The molecule has 1 heterocycles. The number of ketones is 1. The Kier molecular flexibility index (Phi) is 6.51. The molecule has 30 heavy (non-hydrogen) atoms. The summed E-state index contributed by atoms with van der Waals surface area (Å²) in [6.45, 7) is 0. The van der Waals surface area contributed by atoms with Gasteiger partial charge < -0.3 is 5.32 Å². The summed E-state index contributed by atoms with van der Waals surface area (Å²) < 4.78 is 0.655. The third-order valence-corrected chi connectivity index (χ3v) is 6.51.